The minimum absolute atomic E-state index is 0.0693. The van der Waals surface area contributed by atoms with Crippen LogP contribution in [-0.4, -0.2) is 68.5 Å². The summed E-state index contributed by atoms with van der Waals surface area (Å²) in [6.45, 7) is 6.69. The summed E-state index contributed by atoms with van der Waals surface area (Å²) in [6, 6.07) is 14.7. The van der Waals surface area contributed by atoms with Crippen LogP contribution in [0.5, 0.6) is 0 Å². The molecule has 2 aliphatic rings. The number of hydrogen-bond donors (Lipinski definition) is 2. The summed E-state index contributed by atoms with van der Waals surface area (Å²) in [7, 11) is 0. The van der Waals surface area contributed by atoms with Gasteiger partial charge in [-0.25, -0.2) is 19.9 Å². The van der Waals surface area contributed by atoms with Gasteiger partial charge in [-0.1, -0.05) is 24.3 Å². The van der Waals surface area contributed by atoms with E-state index in [9.17, 15) is 9.59 Å². The smallest absolute Gasteiger partial charge is 0.226 e. The topological polar surface area (TPSA) is 144 Å². The number of carbonyl (C=O) groups is 2. The summed E-state index contributed by atoms with van der Waals surface area (Å²) >= 11 is 0. The van der Waals surface area contributed by atoms with Crippen molar-refractivity contribution in [3.05, 3.63) is 84.1 Å². The van der Waals surface area contributed by atoms with Gasteiger partial charge in [-0.05, 0) is 60.2 Å². The summed E-state index contributed by atoms with van der Waals surface area (Å²) < 4.78 is 7.46. The molecule has 3 aromatic heterocycles. The second kappa shape index (κ2) is 12.8. The Labute approximate surface area is 272 Å². The Bertz CT molecular complexity index is 1950. The van der Waals surface area contributed by atoms with E-state index in [-0.39, 0.29) is 30.2 Å². The number of hydrogen-bond acceptors (Lipinski definition) is 9. The average Bonchev–Trinajstić information content (AvgIpc) is 3.49. The number of fused-ring (bicyclic) bond motifs is 2. The van der Waals surface area contributed by atoms with Crippen LogP contribution in [0.4, 0.5) is 17.5 Å². The van der Waals surface area contributed by atoms with Crippen LogP contribution in [-0.2, 0) is 33.7 Å². The lowest BCUT2D eigenvalue weighted by molar-refractivity contribution is -0.120. The van der Waals surface area contributed by atoms with Crippen LogP contribution < -0.4 is 20.9 Å². The third kappa shape index (κ3) is 6.36. The van der Waals surface area contributed by atoms with Crippen LogP contribution in [0, 0.1) is 0 Å². The predicted octanol–water partition coefficient (Wildman–Crippen LogP) is 3.82. The molecule has 12 nitrogen and oxygen atoms in total. The molecular weight excluding hydrogens is 594 g/mol. The summed E-state index contributed by atoms with van der Waals surface area (Å²) in [5.74, 6) is 0.858. The zero-order valence-electron chi connectivity index (χ0n) is 26.5. The number of morpholine rings is 1. The van der Waals surface area contributed by atoms with Gasteiger partial charge in [0, 0.05) is 68.6 Å². The van der Waals surface area contributed by atoms with Gasteiger partial charge >= 0.3 is 0 Å². The Morgan fingerprint density at radius 3 is 2.57 bits per heavy atom. The van der Waals surface area contributed by atoms with Gasteiger partial charge in [-0.15, -0.1) is 0 Å². The summed E-state index contributed by atoms with van der Waals surface area (Å²) in [5.41, 5.74) is 13.8. The SMILES string of the molecule is CC(=O)N1c2ccc(-c3cccc(CNC(=O)Cc4cn5cc(-c6cnc(N)nc6)nc(N6CCOCC6)c5n4)c3)cc2CC[C@@H]1C. The first-order chi connectivity index (χ1) is 22.8. The highest BCUT2D eigenvalue weighted by molar-refractivity contribution is 5.94. The first-order valence-corrected chi connectivity index (χ1v) is 15.9. The average molecular weight is 632 g/mol. The molecule has 240 valence electrons. The molecule has 5 aromatic rings. The van der Waals surface area contributed by atoms with Crippen molar-refractivity contribution in [1.82, 2.24) is 29.7 Å². The number of rotatable bonds is 7. The first-order valence-electron chi connectivity index (χ1n) is 15.9. The van der Waals surface area contributed by atoms with Crippen molar-refractivity contribution in [2.24, 2.45) is 0 Å². The van der Waals surface area contributed by atoms with E-state index in [4.69, 9.17) is 20.4 Å². The van der Waals surface area contributed by atoms with E-state index < -0.39 is 0 Å². The fraction of sp³-hybridized carbons (Fsp3) is 0.314. The van der Waals surface area contributed by atoms with Crippen molar-refractivity contribution in [2.45, 2.75) is 45.7 Å². The number of nitrogen functional groups attached to an aromatic ring is 1. The molecule has 2 aliphatic heterocycles. The van der Waals surface area contributed by atoms with E-state index in [0.29, 0.717) is 49.9 Å². The molecule has 2 amide bonds. The van der Waals surface area contributed by atoms with Crippen LogP contribution in [0.2, 0.25) is 0 Å². The fourth-order valence-corrected chi connectivity index (χ4v) is 6.41. The number of imidazole rings is 1. The lowest BCUT2D eigenvalue weighted by atomic mass is 9.92. The quantitative estimate of drug-likeness (QED) is 0.274. The lowest BCUT2D eigenvalue weighted by Gasteiger charge is -2.34. The van der Waals surface area contributed by atoms with Crippen molar-refractivity contribution in [2.75, 3.05) is 41.8 Å². The molecule has 0 aliphatic carbocycles. The van der Waals surface area contributed by atoms with Crippen LogP contribution in [0.3, 0.4) is 0 Å². The highest BCUT2D eigenvalue weighted by atomic mass is 16.5. The maximum absolute atomic E-state index is 13.1. The van der Waals surface area contributed by atoms with Gasteiger partial charge < -0.3 is 30.0 Å². The molecule has 47 heavy (non-hydrogen) atoms. The summed E-state index contributed by atoms with van der Waals surface area (Å²) in [6.07, 6.45) is 9.04. The standard InChI is InChI=1S/C35H37N9O3/c1-22-6-7-27-15-26(8-9-31(27)44(22)23(2)45)25-5-3-4-24(14-25)17-37-32(46)16-29-20-43-21-30(28-18-38-35(36)39-19-28)41-34(33(43)40-29)42-10-12-47-13-11-42/h3-5,8-9,14-15,18-22H,6-7,10-13,16-17H2,1-2H3,(H,37,46)(H2,36,38,39)/t22-/m0/s1. The van der Waals surface area contributed by atoms with Gasteiger partial charge in [0.1, 0.15) is 0 Å². The normalized spacial score (nSPS) is 16.3. The molecule has 2 aromatic carbocycles. The largest absolute Gasteiger partial charge is 0.378 e. The Morgan fingerprint density at radius 2 is 1.79 bits per heavy atom. The molecule has 7 rings (SSSR count). The van der Waals surface area contributed by atoms with Crippen molar-refractivity contribution < 1.29 is 14.3 Å². The summed E-state index contributed by atoms with van der Waals surface area (Å²) in [4.78, 5) is 47.4. The number of anilines is 3. The first kappa shape index (κ1) is 30.3. The number of ether oxygens (including phenoxy) is 1. The molecule has 5 heterocycles. The third-order valence-corrected chi connectivity index (χ3v) is 8.79. The lowest BCUT2D eigenvalue weighted by Crippen LogP contribution is -2.40. The third-order valence-electron chi connectivity index (χ3n) is 8.79. The number of aromatic nitrogens is 5. The molecule has 1 atom stereocenters. The van der Waals surface area contributed by atoms with Gasteiger partial charge in [-0.2, -0.15) is 0 Å². The fourth-order valence-electron chi connectivity index (χ4n) is 6.41. The zero-order valence-corrected chi connectivity index (χ0v) is 26.5. The molecule has 1 saturated heterocycles. The molecule has 12 heteroatoms. The molecule has 0 radical (unpaired) electrons. The van der Waals surface area contributed by atoms with E-state index in [2.05, 4.69) is 57.4 Å². The van der Waals surface area contributed by atoms with E-state index in [1.165, 1.54) is 5.56 Å². The maximum Gasteiger partial charge on any atom is 0.226 e. The van der Waals surface area contributed by atoms with E-state index >= 15 is 0 Å². The van der Waals surface area contributed by atoms with Crippen molar-refractivity contribution in [3.8, 4) is 22.4 Å². The molecule has 1 fully saturated rings. The molecule has 0 spiro atoms. The Morgan fingerprint density at radius 1 is 1.00 bits per heavy atom. The molecule has 0 unspecified atom stereocenters. The second-order valence-electron chi connectivity index (χ2n) is 12.1. The maximum atomic E-state index is 13.1. The van der Waals surface area contributed by atoms with Gasteiger partial charge in [0.25, 0.3) is 0 Å². The number of nitrogens with two attached hydrogens (primary N) is 1. The Balaban J connectivity index is 1.07. The minimum Gasteiger partial charge on any atom is -0.378 e. The predicted molar refractivity (Wildman–Crippen MR) is 180 cm³/mol. The number of benzene rings is 2. The van der Waals surface area contributed by atoms with Gasteiger partial charge in [0.15, 0.2) is 11.5 Å². The minimum atomic E-state index is -0.126. The molecule has 3 N–H and O–H groups in total. The number of amides is 2. The van der Waals surface area contributed by atoms with Crippen molar-refractivity contribution >= 4 is 34.9 Å². The van der Waals surface area contributed by atoms with Crippen molar-refractivity contribution in [3.63, 3.8) is 0 Å². The number of nitrogens with one attached hydrogen (secondary N) is 1. The Hall–Kier alpha value is -5.36. The molecule has 0 bridgehead atoms. The highest BCUT2D eigenvalue weighted by Gasteiger charge is 2.26. The number of nitrogens with zero attached hydrogens (tertiary/aromatic N) is 7. The van der Waals surface area contributed by atoms with E-state index in [1.807, 2.05) is 33.8 Å². The summed E-state index contributed by atoms with van der Waals surface area (Å²) in [5, 5.41) is 3.06. The van der Waals surface area contributed by atoms with Gasteiger partial charge in [0.05, 0.1) is 31.0 Å². The van der Waals surface area contributed by atoms with Crippen LogP contribution in [0.1, 0.15) is 37.1 Å². The van der Waals surface area contributed by atoms with Crippen LogP contribution >= 0.6 is 0 Å². The van der Waals surface area contributed by atoms with E-state index in [0.717, 1.165) is 46.6 Å². The molecular formula is C35H37N9O3. The van der Waals surface area contributed by atoms with Crippen molar-refractivity contribution in [1.29, 1.82) is 0 Å². The molecule has 0 saturated carbocycles. The van der Waals surface area contributed by atoms with Crippen LogP contribution in [0.25, 0.3) is 28.0 Å². The monoisotopic (exact) mass is 631 g/mol. The number of carbonyl (C=O) groups excluding carboxylic acids is 2. The Kier molecular flexibility index (Phi) is 8.25. The second-order valence-corrected chi connectivity index (χ2v) is 12.1. The van der Waals surface area contributed by atoms with Gasteiger partial charge in [0.2, 0.25) is 17.8 Å². The van der Waals surface area contributed by atoms with Crippen LogP contribution in [0.15, 0.2) is 67.3 Å². The highest BCUT2D eigenvalue weighted by Crippen LogP contribution is 2.34. The van der Waals surface area contributed by atoms with E-state index in [1.54, 1.807) is 19.3 Å². The zero-order chi connectivity index (χ0) is 32.5. The number of aryl methyl sites for hydroxylation is 1. The van der Waals surface area contributed by atoms with Gasteiger partial charge in [-0.3, -0.25) is 9.59 Å².